The van der Waals surface area contributed by atoms with Crippen molar-refractivity contribution >= 4 is 34.8 Å². The first-order valence-electron chi connectivity index (χ1n) is 8.03. The Balaban J connectivity index is 1.79. The summed E-state index contributed by atoms with van der Waals surface area (Å²) in [6, 6.07) is 11.4. The van der Waals surface area contributed by atoms with Crippen LogP contribution < -0.4 is 16.0 Å². The van der Waals surface area contributed by atoms with Crippen molar-refractivity contribution in [2.45, 2.75) is 6.10 Å². The number of nitrogens with two attached hydrogens (primary N) is 1. The van der Waals surface area contributed by atoms with E-state index in [0.29, 0.717) is 16.9 Å². The summed E-state index contributed by atoms with van der Waals surface area (Å²) in [4.78, 5) is 13.0. The summed E-state index contributed by atoms with van der Waals surface area (Å²) < 4.78 is 19.3. The van der Waals surface area contributed by atoms with Crippen LogP contribution in [0.4, 0.5) is 20.6 Å². The van der Waals surface area contributed by atoms with Gasteiger partial charge >= 0.3 is 6.09 Å². The molecule has 3 rings (SSSR count). The van der Waals surface area contributed by atoms with Crippen LogP contribution in [0.5, 0.6) is 0 Å². The lowest BCUT2D eigenvalue weighted by atomic mass is 10.1. The van der Waals surface area contributed by atoms with Crippen LogP contribution in [0.1, 0.15) is 11.1 Å². The highest BCUT2D eigenvalue weighted by atomic mass is 32.1. The minimum Gasteiger partial charge on any atom is -0.441 e. The number of nitrogens with zero attached hydrogens (tertiary/aromatic N) is 1. The number of carbonyl (C=O) groups excluding carboxylic acids is 1. The van der Waals surface area contributed by atoms with Gasteiger partial charge in [0.15, 0.2) is 5.11 Å². The van der Waals surface area contributed by atoms with Gasteiger partial charge in [-0.05, 0) is 48.6 Å². The van der Waals surface area contributed by atoms with Crippen LogP contribution >= 0.6 is 12.2 Å². The maximum absolute atomic E-state index is 14.4. The number of rotatable bonds is 3. The molecular formula is C19H16FN3O3S. The van der Waals surface area contributed by atoms with E-state index < -0.39 is 18.0 Å². The van der Waals surface area contributed by atoms with Crippen LogP contribution in [0.2, 0.25) is 0 Å². The Labute approximate surface area is 160 Å². The Kier molecular flexibility index (Phi) is 5.54. The summed E-state index contributed by atoms with van der Waals surface area (Å²) in [5.74, 6) is 5.09. The first-order valence-corrected chi connectivity index (χ1v) is 8.44. The molecule has 6 nitrogen and oxygen atoms in total. The number of carbonyl (C=O) groups is 1. The van der Waals surface area contributed by atoms with E-state index in [1.165, 1.54) is 17.0 Å². The van der Waals surface area contributed by atoms with Crippen molar-refractivity contribution in [3.05, 3.63) is 59.4 Å². The third-order valence-corrected chi connectivity index (χ3v) is 3.92. The van der Waals surface area contributed by atoms with Crippen molar-refractivity contribution in [1.29, 1.82) is 0 Å². The van der Waals surface area contributed by atoms with Gasteiger partial charge in [-0.25, -0.2) is 9.18 Å². The minimum absolute atomic E-state index is 0.144. The van der Waals surface area contributed by atoms with Gasteiger partial charge < -0.3 is 20.9 Å². The van der Waals surface area contributed by atoms with Crippen LogP contribution in [-0.4, -0.2) is 35.6 Å². The lowest BCUT2D eigenvalue weighted by Crippen LogP contribution is -2.25. The van der Waals surface area contributed by atoms with E-state index in [4.69, 9.17) is 27.8 Å². The number of nitrogens with one attached hydrogen (secondary N) is 1. The Morgan fingerprint density at radius 1 is 1.37 bits per heavy atom. The summed E-state index contributed by atoms with van der Waals surface area (Å²) in [5, 5.41) is 12.0. The van der Waals surface area contributed by atoms with Crippen molar-refractivity contribution in [2.24, 2.45) is 5.73 Å². The smallest absolute Gasteiger partial charge is 0.414 e. The number of halogens is 1. The number of aliphatic hydroxyl groups excluding tert-OH is 1. The number of hydrogen-bond acceptors (Lipinski definition) is 4. The molecule has 0 spiro atoms. The molecule has 1 atom stereocenters. The number of benzene rings is 2. The van der Waals surface area contributed by atoms with Gasteiger partial charge in [0.1, 0.15) is 11.9 Å². The normalized spacial score (nSPS) is 15.7. The van der Waals surface area contributed by atoms with E-state index in [1.54, 1.807) is 30.3 Å². The zero-order valence-electron chi connectivity index (χ0n) is 14.1. The SMILES string of the molecule is NC(=S)Nc1cccc(C#Cc2ccc(N3C[C@H](CO)OC3=O)cc2F)c1. The van der Waals surface area contributed by atoms with Gasteiger partial charge in [0, 0.05) is 11.3 Å². The molecule has 8 heteroatoms. The predicted molar refractivity (Wildman–Crippen MR) is 104 cm³/mol. The highest BCUT2D eigenvalue weighted by Crippen LogP contribution is 2.23. The van der Waals surface area contributed by atoms with Gasteiger partial charge in [0.25, 0.3) is 0 Å². The highest BCUT2D eigenvalue weighted by Gasteiger charge is 2.32. The van der Waals surface area contributed by atoms with Gasteiger partial charge in [0.2, 0.25) is 0 Å². The van der Waals surface area contributed by atoms with Gasteiger partial charge in [-0.2, -0.15) is 0 Å². The molecule has 1 fully saturated rings. The lowest BCUT2D eigenvalue weighted by Gasteiger charge is -2.13. The molecule has 2 aromatic carbocycles. The fourth-order valence-electron chi connectivity index (χ4n) is 2.56. The molecule has 0 aromatic heterocycles. The monoisotopic (exact) mass is 385 g/mol. The van der Waals surface area contributed by atoms with Crippen molar-refractivity contribution in [2.75, 3.05) is 23.4 Å². The highest BCUT2D eigenvalue weighted by molar-refractivity contribution is 7.80. The second-order valence-corrected chi connectivity index (χ2v) is 6.22. The van der Waals surface area contributed by atoms with Crippen LogP contribution in [0, 0.1) is 17.7 Å². The summed E-state index contributed by atoms with van der Waals surface area (Å²) in [6.45, 7) is -0.111. The second-order valence-electron chi connectivity index (χ2n) is 5.78. The molecule has 0 unspecified atom stereocenters. The molecule has 0 saturated carbocycles. The van der Waals surface area contributed by atoms with E-state index in [9.17, 15) is 9.18 Å². The zero-order valence-corrected chi connectivity index (χ0v) is 14.9. The van der Waals surface area contributed by atoms with Gasteiger partial charge in [-0.1, -0.05) is 17.9 Å². The lowest BCUT2D eigenvalue weighted by molar-refractivity contribution is 0.0963. The molecule has 4 N–H and O–H groups in total. The number of ether oxygens (including phenoxy) is 1. The Morgan fingerprint density at radius 2 is 2.19 bits per heavy atom. The van der Waals surface area contributed by atoms with Crippen molar-refractivity contribution < 1.29 is 19.0 Å². The summed E-state index contributed by atoms with van der Waals surface area (Å²) in [7, 11) is 0. The minimum atomic E-state index is -0.616. The van der Waals surface area contributed by atoms with Crippen LogP contribution in [0.3, 0.4) is 0 Å². The molecular weight excluding hydrogens is 369 g/mol. The molecule has 1 aliphatic rings. The zero-order chi connectivity index (χ0) is 19.4. The number of aliphatic hydroxyl groups is 1. The molecule has 0 radical (unpaired) electrons. The number of cyclic esters (lactones) is 1. The first-order chi connectivity index (χ1) is 13.0. The number of amides is 1. The Hall–Kier alpha value is -3.15. The van der Waals surface area contributed by atoms with Gasteiger partial charge in [0.05, 0.1) is 24.4 Å². The van der Waals surface area contributed by atoms with E-state index in [2.05, 4.69) is 17.2 Å². The van der Waals surface area contributed by atoms with E-state index in [1.807, 2.05) is 0 Å². The maximum atomic E-state index is 14.4. The quantitative estimate of drug-likeness (QED) is 0.555. The third-order valence-electron chi connectivity index (χ3n) is 3.81. The summed E-state index contributed by atoms with van der Waals surface area (Å²) >= 11 is 4.79. The van der Waals surface area contributed by atoms with Gasteiger partial charge in [-0.15, -0.1) is 0 Å². The van der Waals surface area contributed by atoms with Crippen LogP contribution in [0.25, 0.3) is 0 Å². The average Bonchev–Trinajstić information content (AvgIpc) is 3.01. The molecule has 1 amide bonds. The Bertz CT molecular complexity index is 955. The molecule has 27 heavy (non-hydrogen) atoms. The molecule has 0 bridgehead atoms. The van der Waals surface area contributed by atoms with Crippen molar-refractivity contribution in [1.82, 2.24) is 0 Å². The molecule has 138 valence electrons. The number of hydrogen-bond donors (Lipinski definition) is 3. The van der Waals surface area contributed by atoms with E-state index in [-0.39, 0.29) is 23.8 Å². The Morgan fingerprint density at radius 3 is 2.85 bits per heavy atom. The molecule has 0 aliphatic carbocycles. The van der Waals surface area contributed by atoms with Crippen LogP contribution in [-0.2, 0) is 4.74 Å². The van der Waals surface area contributed by atoms with Crippen LogP contribution in [0.15, 0.2) is 42.5 Å². The average molecular weight is 385 g/mol. The molecule has 1 aliphatic heterocycles. The second kappa shape index (κ2) is 8.03. The molecule has 1 saturated heterocycles. The first kappa shape index (κ1) is 18.6. The summed E-state index contributed by atoms with van der Waals surface area (Å²) in [6.07, 6.45) is -1.23. The molecule has 1 heterocycles. The molecule has 2 aromatic rings. The summed E-state index contributed by atoms with van der Waals surface area (Å²) in [5.41, 5.74) is 7.33. The standard InChI is InChI=1S/C19H16FN3O3S/c20-17-9-15(23-10-16(11-24)26-19(23)25)7-6-13(17)5-4-12-2-1-3-14(8-12)22-18(21)27/h1-3,6-9,16,24H,10-11H2,(H3,21,22,27)/t16-/m1/s1. The fourth-order valence-corrected chi connectivity index (χ4v) is 2.68. The van der Waals surface area contributed by atoms with Crippen molar-refractivity contribution in [3.8, 4) is 11.8 Å². The number of thiocarbonyl (C=S) groups is 1. The third kappa shape index (κ3) is 4.53. The van der Waals surface area contributed by atoms with E-state index in [0.717, 1.165) is 0 Å². The topological polar surface area (TPSA) is 87.8 Å². The predicted octanol–water partition coefficient (Wildman–Crippen LogP) is 2.20. The largest absolute Gasteiger partial charge is 0.441 e. The van der Waals surface area contributed by atoms with E-state index >= 15 is 0 Å². The van der Waals surface area contributed by atoms with Crippen molar-refractivity contribution in [3.63, 3.8) is 0 Å². The number of anilines is 2. The fraction of sp³-hybridized carbons (Fsp3) is 0.158. The van der Waals surface area contributed by atoms with Gasteiger partial charge in [-0.3, -0.25) is 4.90 Å². The maximum Gasteiger partial charge on any atom is 0.414 e.